The van der Waals surface area contributed by atoms with Crippen molar-refractivity contribution in [2.45, 2.75) is 39.0 Å². The summed E-state index contributed by atoms with van der Waals surface area (Å²) in [5.74, 6) is 0.170. The maximum absolute atomic E-state index is 12.1. The van der Waals surface area contributed by atoms with Crippen molar-refractivity contribution in [1.29, 1.82) is 0 Å². The molecule has 0 aliphatic rings. The van der Waals surface area contributed by atoms with Crippen LogP contribution in [0.4, 0.5) is 8.78 Å². The molecule has 0 fully saturated rings. The Morgan fingerprint density at radius 3 is 2.61 bits per heavy atom. The Kier molecular flexibility index (Phi) is 5.04. The molecule has 5 heteroatoms. The van der Waals surface area contributed by atoms with E-state index < -0.39 is 6.61 Å². The van der Waals surface area contributed by atoms with Gasteiger partial charge in [0, 0.05) is 18.1 Å². The fraction of sp³-hybridized carbons (Fsp3) is 0.538. The zero-order valence-electron chi connectivity index (χ0n) is 10.9. The molecule has 1 atom stereocenters. The molecule has 3 N–H and O–H groups in total. The number of rotatable bonds is 6. The van der Waals surface area contributed by atoms with Crippen molar-refractivity contribution in [3.63, 3.8) is 0 Å². The number of alkyl halides is 2. The topological polar surface area (TPSA) is 47.3 Å². The highest BCUT2D eigenvalue weighted by molar-refractivity contribution is 5.30. The minimum absolute atomic E-state index is 0.0223. The average Bonchev–Trinajstić information content (AvgIpc) is 2.24. The van der Waals surface area contributed by atoms with Crippen LogP contribution in [0.15, 0.2) is 24.3 Å². The lowest BCUT2D eigenvalue weighted by Crippen LogP contribution is -2.43. The molecule has 102 valence electrons. The van der Waals surface area contributed by atoms with E-state index in [-0.39, 0.29) is 17.3 Å². The summed E-state index contributed by atoms with van der Waals surface area (Å²) in [7, 11) is 0. The van der Waals surface area contributed by atoms with Crippen molar-refractivity contribution in [2.75, 3.05) is 6.54 Å². The van der Waals surface area contributed by atoms with Gasteiger partial charge in [-0.15, -0.1) is 0 Å². The Balaban J connectivity index is 2.65. The molecule has 0 aromatic heterocycles. The van der Waals surface area contributed by atoms with Crippen LogP contribution in [0.2, 0.25) is 0 Å². The summed E-state index contributed by atoms with van der Waals surface area (Å²) in [6.45, 7) is 3.62. The maximum atomic E-state index is 12.1. The fourth-order valence-electron chi connectivity index (χ4n) is 1.49. The average molecular weight is 258 g/mol. The van der Waals surface area contributed by atoms with Crippen LogP contribution >= 0.6 is 0 Å². The molecule has 0 bridgehead atoms. The zero-order chi connectivity index (χ0) is 13.8. The van der Waals surface area contributed by atoms with Gasteiger partial charge in [-0.1, -0.05) is 12.1 Å². The zero-order valence-corrected chi connectivity index (χ0v) is 10.9. The molecule has 0 spiro atoms. The van der Waals surface area contributed by atoms with Crippen LogP contribution in [0.1, 0.15) is 32.4 Å². The van der Waals surface area contributed by atoms with Gasteiger partial charge in [0.1, 0.15) is 5.75 Å². The fourth-order valence-corrected chi connectivity index (χ4v) is 1.49. The van der Waals surface area contributed by atoms with E-state index in [9.17, 15) is 8.78 Å². The molecule has 0 aliphatic carbocycles. The Labute approximate surface area is 106 Å². The molecule has 1 aromatic carbocycles. The second-order valence-electron chi connectivity index (χ2n) is 5.04. The third-order valence-corrected chi connectivity index (χ3v) is 2.45. The monoisotopic (exact) mass is 258 g/mol. The summed E-state index contributed by atoms with van der Waals surface area (Å²) in [5, 5.41) is 3.25. The van der Waals surface area contributed by atoms with Gasteiger partial charge in [0.2, 0.25) is 0 Å². The Hall–Kier alpha value is -1.20. The molecule has 0 aliphatic heterocycles. The SMILES string of the molecule is CC(NCC(C)(C)N)c1cccc(OC(F)F)c1. The van der Waals surface area contributed by atoms with E-state index in [1.54, 1.807) is 12.1 Å². The predicted octanol–water partition coefficient (Wildman–Crippen LogP) is 2.68. The van der Waals surface area contributed by atoms with Crippen LogP contribution in [0.25, 0.3) is 0 Å². The lowest BCUT2D eigenvalue weighted by Gasteiger charge is -2.23. The predicted molar refractivity (Wildman–Crippen MR) is 67.8 cm³/mol. The molecular formula is C13H20F2N2O. The van der Waals surface area contributed by atoms with Crippen molar-refractivity contribution in [2.24, 2.45) is 5.73 Å². The first kappa shape index (κ1) is 14.9. The van der Waals surface area contributed by atoms with Gasteiger partial charge >= 0.3 is 6.61 Å². The highest BCUT2D eigenvalue weighted by Crippen LogP contribution is 2.20. The molecule has 0 amide bonds. The van der Waals surface area contributed by atoms with Crippen molar-refractivity contribution < 1.29 is 13.5 Å². The minimum Gasteiger partial charge on any atom is -0.435 e. The van der Waals surface area contributed by atoms with Crippen LogP contribution < -0.4 is 15.8 Å². The van der Waals surface area contributed by atoms with Crippen molar-refractivity contribution in [3.8, 4) is 5.75 Å². The Bertz CT molecular complexity index is 377. The van der Waals surface area contributed by atoms with Crippen molar-refractivity contribution >= 4 is 0 Å². The summed E-state index contributed by atoms with van der Waals surface area (Å²) in [5.41, 5.74) is 6.44. The molecule has 0 radical (unpaired) electrons. The molecule has 0 saturated heterocycles. The minimum atomic E-state index is -2.80. The molecule has 0 heterocycles. The summed E-state index contributed by atoms with van der Waals surface area (Å²) in [6.07, 6.45) is 0. The Morgan fingerprint density at radius 1 is 1.39 bits per heavy atom. The van der Waals surface area contributed by atoms with E-state index in [2.05, 4.69) is 10.1 Å². The van der Waals surface area contributed by atoms with Crippen LogP contribution in [0.5, 0.6) is 5.75 Å². The number of nitrogens with one attached hydrogen (secondary N) is 1. The van der Waals surface area contributed by atoms with Gasteiger partial charge < -0.3 is 15.8 Å². The van der Waals surface area contributed by atoms with Crippen LogP contribution in [-0.4, -0.2) is 18.7 Å². The van der Waals surface area contributed by atoms with Crippen LogP contribution in [0, 0.1) is 0 Å². The first-order valence-corrected chi connectivity index (χ1v) is 5.85. The van der Waals surface area contributed by atoms with Crippen LogP contribution in [-0.2, 0) is 0 Å². The van der Waals surface area contributed by atoms with E-state index in [4.69, 9.17) is 5.73 Å². The standard InChI is InChI=1S/C13H20F2N2O/c1-9(17-8-13(2,3)16)10-5-4-6-11(7-10)18-12(14)15/h4-7,9,12,17H,8,16H2,1-3H3. The summed E-state index contributed by atoms with van der Waals surface area (Å²) >= 11 is 0. The van der Waals surface area contributed by atoms with Gasteiger partial charge in [-0.05, 0) is 38.5 Å². The largest absolute Gasteiger partial charge is 0.435 e. The molecule has 1 rings (SSSR count). The second-order valence-corrected chi connectivity index (χ2v) is 5.04. The van der Waals surface area contributed by atoms with Gasteiger partial charge in [0.25, 0.3) is 0 Å². The molecule has 18 heavy (non-hydrogen) atoms. The van der Waals surface area contributed by atoms with E-state index >= 15 is 0 Å². The van der Waals surface area contributed by atoms with Crippen molar-refractivity contribution in [1.82, 2.24) is 5.32 Å². The first-order valence-electron chi connectivity index (χ1n) is 5.85. The van der Waals surface area contributed by atoms with Gasteiger partial charge in [-0.3, -0.25) is 0 Å². The summed E-state index contributed by atoms with van der Waals surface area (Å²) < 4.78 is 28.6. The quantitative estimate of drug-likeness (QED) is 0.824. The van der Waals surface area contributed by atoms with E-state index in [1.165, 1.54) is 6.07 Å². The number of ether oxygens (including phenoxy) is 1. The maximum Gasteiger partial charge on any atom is 0.387 e. The number of halogens is 2. The normalized spacial score (nSPS) is 13.7. The Morgan fingerprint density at radius 2 is 2.06 bits per heavy atom. The first-order chi connectivity index (χ1) is 8.28. The van der Waals surface area contributed by atoms with E-state index in [0.29, 0.717) is 6.54 Å². The highest BCUT2D eigenvalue weighted by Gasteiger charge is 2.14. The lowest BCUT2D eigenvalue weighted by atomic mass is 10.0. The van der Waals surface area contributed by atoms with E-state index in [1.807, 2.05) is 26.8 Å². The molecule has 1 aromatic rings. The highest BCUT2D eigenvalue weighted by atomic mass is 19.3. The smallest absolute Gasteiger partial charge is 0.387 e. The number of hydrogen-bond acceptors (Lipinski definition) is 3. The summed E-state index contributed by atoms with van der Waals surface area (Å²) in [6, 6.07) is 6.69. The van der Waals surface area contributed by atoms with Crippen LogP contribution in [0.3, 0.4) is 0 Å². The third kappa shape index (κ3) is 5.42. The van der Waals surface area contributed by atoms with E-state index in [0.717, 1.165) is 5.56 Å². The van der Waals surface area contributed by atoms with Gasteiger partial charge in [-0.2, -0.15) is 8.78 Å². The van der Waals surface area contributed by atoms with Gasteiger partial charge in [0.05, 0.1) is 0 Å². The number of benzene rings is 1. The third-order valence-electron chi connectivity index (χ3n) is 2.45. The summed E-state index contributed by atoms with van der Waals surface area (Å²) in [4.78, 5) is 0. The molecular weight excluding hydrogens is 238 g/mol. The lowest BCUT2D eigenvalue weighted by molar-refractivity contribution is -0.0499. The number of nitrogens with two attached hydrogens (primary N) is 1. The molecule has 3 nitrogen and oxygen atoms in total. The van der Waals surface area contributed by atoms with Gasteiger partial charge in [0.15, 0.2) is 0 Å². The number of hydrogen-bond donors (Lipinski definition) is 2. The molecule has 1 unspecified atom stereocenters. The molecule has 0 saturated carbocycles. The van der Waals surface area contributed by atoms with Crippen molar-refractivity contribution in [3.05, 3.63) is 29.8 Å². The van der Waals surface area contributed by atoms with Gasteiger partial charge in [-0.25, -0.2) is 0 Å². The second kappa shape index (κ2) is 6.11.